The molecule has 168 valence electrons. The van der Waals surface area contributed by atoms with Crippen LogP contribution < -0.4 is 10.6 Å². The number of carbonyl (C=O) groups is 1. The molecule has 4 heterocycles. The Hall–Kier alpha value is -2.75. The Labute approximate surface area is 191 Å². The van der Waals surface area contributed by atoms with Gasteiger partial charge in [0.1, 0.15) is 16.5 Å². The maximum absolute atomic E-state index is 11.7. The summed E-state index contributed by atoms with van der Waals surface area (Å²) in [5, 5.41) is 3.28. The van der Waals surface area contributed by atoms with E-state index in [1.807, 2.05) is 6.07 Å². The average molecular weight is 453 g/mol. The lowest BCUT2D eigenvalue weighted by molar-refractivity contribution is 0.0331. The molecule has 0 spiro atoms. The quantitative estimate of drug-likeness (QED) is 0.655. The molecule has 5 rings (SSSR count). The van der Waals surface area contributed by atoms with Crippen LogP contribution in [-0.4, -0.2) is 78.3 Å². The lowest BCUT2D eigenvalue weighted by Gasteiger charge is -2.27. The van der Waals surface area contributed by atoms with Gasteiger partial charge in [-0.05, 0) is 12.0 Å². The zero-order chi connectivity index (χ0) is 21.9. The molecule has 2 fully saturated rings. The molecule has 1 aromatic carbocycles. The van der Waals surface area contributed by atoms with Gasteiger partial charge < -0.3 is 20.3 Å². The zero-order valence-electron chi connectivity index (χ0n) is 18.1. The lowest BCUT2D eigenvalue weighted by atomic mass is 10.1. The van der Waals surface area contributed by atoms with E-state index in [0.717, 1.165) is 72.3 Å². The van der Waals surface area contributed by atoms with Crippen LogP contribution in [0.4, 0.5) is 10.6 Å². The van der Waals surface area contributed by atoms with Gasteiger partial charge in [0.25, 0.3) is 0 Å². The van der Waals surface area contributed by atoms with Gasteiger partial charge in [0.2, 0.25) is 0 Å². The third-order valence-corrected chi connectivity index (χ3v) is 6.99. The van der Waals surface area contributed by atoms with Crippen molar-refractivity contribution in [1.29, 1.82) is 0 Å². The number of nitrogens with two attached hydrogens (primary N) is 1. The molecule has 0 bridgehead atoms. The Bertz CT molecular complexity index is 1080. The minimum atomic E-state index is -0.354. The van der Waals surface area contributed by atoms with Crippen molar-refractivity contribution in [2.75, 3.05) is 57.4 Å². The maximum atomic E-state index is 11.7. The first-order chi connectivity index (χ1) is 15.7. The van der Waals surface area contributed by atoms with Crippen molar-refractivity contribution in [3.8, 4) is 11.1 Å². The highest BCUT2D eigenvalue weighted by Gasteiger charge is 2.24. The van der Waals surface area contributed by atoms with Crippen molar-refractivity contribution in [3.63, 3.8) is 0 Å². The predicted octanol–water partition coefficient (Wildman–Crippen LogP) is 2.78. The number of primary amides is 1. The third-order valence-electron chi connectivity index (χ3n) is 6.12. The Balaban J connectivity index is 1.55. The highest BCUT2D eigenvalue weighted by Crippen LogP contribution is 2.38. The summed E-state index contributed by atoms with van der Waals surface area (Å²) in [6, 6.07) is 10.1. The number of fused-ring (bicyclic) bond motifs is 1. The van der Waals surface area contributed by atoms with Crippen LogP contribution >= 0.6 is 11.3 Å². The third kappa shape index (κ3) is 4.41. The van der Waals surface area contributed by atoms with Crippen LogP contribution in [0.25, 0.3) is 21.3 Å². The SMILES string of the molecule is NC(=O)N1CCCN(c2nc(CN3CCOCC3)nc3scc(-c4ccccc4)c23)CC1. The largest absolute Gasteiger partial charge is 0.379 e. The summed E-state index contributed by atoms with van der Waals surface area (Å²) in [7, 11) is 0. The molecule has 2 aliphatic rings. The number of morpholine rings is 1. The summed E-state index contributed by atoms with van der Waals surface area (Å²) in [5.41, 5.74) is 7.88. The van der Waals surface area contributed by atoms with Gasteiger partial charge in [-0.1, -0.05) is 30.3 Å². The van der Waals surface area contributed by atoms with E-state index < -0.39 is 0 Å². The van der Waals surface area contributed by atoms with Crippen LogP contribution in [0.1, 0.15) is 12.2 Å². The molecule has 32 heavy (non-hydrogen) atoms. The number of urea groups is 1. The first kappa shape index (κ1) is 21.1. The van der Waals surface area contributed by atoms with E-state index in [0.29, 0.717) is 26.2 Å². The summed E-state index contributed by atoms with van der Waals surface area (Å²) in [6.45, 7) is 6.82. The van der Waals surface area contributed by atoms with Crippen molar-refractivity contribution < 1.29 is 9.53 Å². The minimum Gasteiger partial charge on any atom is -0.379 e. The van der Waals surface area contributed by atoms with Crippen molar-refractivity contribution in [2.45, 2.75) is 13.0 Å². The van der Waals surface area contributed by atoms with Crippen LogP contribution in [0.2, 0.25) is 0 Å². The van der Waals surface area contributed by atoms with Gasteiger partial charge in [0.15, 0.2) is 0 Å². The van der Waals surface area contributed by atoms with E-state index in [4.69, 9.17) is 20.4 Å². The van der Waals surface area contributed by atoms with E-state index in [1.54, 1.807) is 16.2 Å². The number of thiophene rings is 1. The summed E-state index contributed by atoms with van der Waals surface area (Å²) in [4.78, 5) is 29.1. The van der Waals surface area contributed by atoms with Crippen LogP contribution in [0.3, 0.4) is 0 Å². The molecular formula is C23H28N6O2S. The van der Waals surface area contributed by atoms with E-state index in [1.165, 1.54) is 0 Å². The van der Waals surface area contributed by atoms with Gasteiger partial charge in [-0.25, -0.2) is 14.8 Å². The van der Waals surface area contributed by atoms with E-state index >= 15 is 0 Å². The molecule has 2 amide bonds. The summed E-state index contributed by atoms with van der Waals surface area (Å²) >= 11 is 1.67. The number of nitrogens with zero attached hydrogens (tertiary/aromatic N) is 5. The number of anilines is 1. The normalized spacial score (nSPS) is 18.1. The molecule has 0 atom stereocenters. The number of hydrogen-bond donors (Lipinski definition) is 1. The van der Waals surface area contributed by atoms with Gasteiger partial charge in [-0.2, -0.15) is 0 Å². The van der Waals surface area contributed by atoms with Crippen LogP contribution in [0, 0.1) is 0 Å². The first-order valence-corrected chi connectivity index (χ1v) is 12.0. The summed E-state index contributed by atoms with van der Waals surface area (Å²) in [6.07, 6.45) is 0.859. The Morgan fingerprint density at radius 1 is 1.03 bits per heavy atom. The Morgan fingerprint density at radius 2 is 1.84 bits per heavy atom. The second-order valence-electron chi connectivity index (χ2n) is 8.21. The van der Waals surface area contributed by atoms with Gasteiger partial charge in [-0.3, -0.25) is 4.90 Å². The first-order valence-electron chi connectivity index (χ1n) is 11.1. The molecule has 2 aliphatic heterocycles. The second kappa shape index (κ2) is 9.40. The fourth-order valence-electron chi connectivity index (χ4n) is 4.41. The topological polar surface area (TPSA) is 87.8 Å². The summed E-state index contributed by atoms with van der Waals surface area (Å²) in [5.74, 6) is 1.80. The van der Waals surface area contributed by atoms with Gasteiger partial charge in [0, 0.05) is 50.2 Å². The van der Waals surface area contributed by atoms with Gasteiger partial charge in [0.05, 0.1) is 25.1 Å². The van der Waals surface area contributed by atoms with Crippen LogP contribution in [0.5, 0.6) is 0 Å². The number of rotatable bonds is 4. The number of amides is 2. The van der Waals surface area contributed by atoms with Gasteiger partial charge >= 0.3 is 6.03 Å². The molecule has 2 saturated heterocycles. The van der Waals surface area contributed by atoms with Crippen LogP contribution in [-0.2, 0) is 11.3 Å². The number of ether oxygens (including phenoxy) is 1. The predicted molar refractivity (Wildman–Crippen MR) is 127 cm³/mol. The van der Waals surface area contributed by atoms with Crippen molar-refractivity contribution in [2.24, 2.45) is 5.73 Å². The number of aromatic nitrogens is 2. The minimum absolute atomic E-state index is 0.354. The van der Waals surface area contributed by atoms with E-state index in [-0.39, 0.29) is 6.03 Å². The summed E-state index contributed by atoms with van der Waals surface area (Å²) < 4.78 is 5.49. The van der Waals surface area contributed by atoms with E-state index in [2.05, 4.69) is 39.4 Å². The molecule has 0 unspecified atom stereocenters. The molecule has 0 aliphatic carbocycles. The number of hydrogen-bond acceptors (Lipinski definition) is 7. The molecule has 2 N–H and O–H groups in total. The zero-order valence-corrected chi connectivity index (χ0v) is 18.9. The van der Waals surface area contributed by atoms with Gasteiger partial charge in [-0.15, -0.1) is 11.3 Å². The molecule has 8 nitrogen and oxygen atoms in total. The monoisotopic (exact) mass is 452 g/mol. The van der Waals surface area contributed by atoms with E-state index in [9.17, 15) is 4.79 Å². The fraction of sp³-hybridized carbons (Fsp3) is 0.435. The molecule has 9 heteroatoms. The average Bonchev–Trinajstić information content (AvgIpc) is 3.08. The number of carbonyl (C=O) groups excluding carboxylic acids is 1. The Kier molecular flexibility index (Phi) is 6.20. The molecule has 0 saturated carbocycles. The second-order valence-corrected chi connectivity index (χ2v) is 9.07. The van der Waals surface area contributed by atoms with Crippen LogP contribution in [0.15, 0.2) is 35.7 Å². The molecular weight excluding hydrogens is 424 g/mol. The maximum Gasteiger partial charge on any atom is 0.314 e. The lowest BCUT2D eigenvalue weighted by Crippen LogP contribution is -2.39. The smallest absolute Gasteiger partial charge is 0.314 e. The molecule has 0 radical (unpaired) electrons. The standard InChI is InChI=1S/C23H28N6O2S/c24-23(30)29-8-4-7-28(9-10-29)21-20-18(17-5-2-1-3-6-17)16-32-22(20)26-19(25-21)15-27-11-13-31-14-12-27/h1-3,5-6,16H,4,7-15H2,(H2,24,30). The number of benzene rings is 1. The molecule has 2 aromatic heterocycles. The highest BCUT2D eigenvalue weighted by molar-refractivity contribution is 7.17. The van der Waals surface area contributed by atoms with Crippen molar-refractivity contribution >= 4 is 33.4 Å². The fourth-order valence-corrected chi connectivity index (χ4v) is 5.37. The Morgan fingerprint density at radius 3 is 2.62 bits per heavy atom. The van der Waals surface area contributed by atoms with Crippen molar-refractivity contribution in [3.05, 3.63) is 41.5 Å². The molecule has 3 aromatic rings. The highest BCUT2D eigenvalue weighted by atomic mass is 32.1. The van der Waals surface area contributed by atoms with Crippen molar-refractivity contribution in [1.82, 2.24) is 19.8 Å².